The van der Waals surface area contributed by atoms with Crippen molar-refractivity contribution in [2.45, 2.75) is 6.61 Å². The summed E-state index contributed by atoms with van der Waals surface area (Å²) in [5.74, 6) is 0.687. The Morgan fingerprint density at radius 2 is 2.25 bits per heavy atom. The Balaban J connectivity index is 2.17. The molecule has 0 atom stereocenters. The van der Waals surface area contributed by atoms with Crippen LogP contribution in [0.15, 0.2) is 34.9 Å². The van der Waals surface area contributed by atoms with Gasteiger partial charge in [-0.05, 0) is 35.3 Å². The minimum atomic E-state index is -0.860. The van der Waals surface area contributed by atoms with Crippen LogP contribution in [0.3, 0.4) is 0 Å². The van der Waals surface area contributed by atoms with Crippen molar-refractivity contribution in [1.82, 2.24) is 0 Å². The fraction of sp³-hybridized carbons (Fsp3) is 0.0909. The van der Waals surface area contributed by atoms with Crippen LogP contribution in [-0.4, -0.2) is 12.1 Å². The lowest BCUT2D eigenvalue weighted by Gasteiger charge is -2.04. The summed E-state index contributed by atoms with van der Waals surface area (Å²) in [4.78, 5) is 0. The fourth-order valence-electron chi connectivity index (χ4n) is 1.87. The number of fused-ring (bicyclic) bond motifs is 1. The lowest BCUT2D eigenvalue weighted by atomic mass is 9.78. The zero-order valence-corrected chi connectivity index (χ0v) is 9.07. The maximum absolute atomic E-state index is 9.60. The molecular weight excluding hydrogens is 226 g/mol. The zero-order chi connectivity index (χ0) is 11.1. The van der Waals surface area contributed by atoms with Gasteiger partial charge in [0.05, 0.1) is 17.9 Å². The molecule has 0 radical (unpaired) electrons. The summed E-state index contributed by atoms with van der Waals surface area (Å²) in [5.41, 5.74) is 2.46. The summed E-state index contributed by atoms with van der Waals surface area (Å²) in [5, 5.41) is 10.2. The van der Waals surface area contributed by atoms with Gasteiger partial charge in [-0.1, -0.05) is 11.6 Å². The highest BCUT2D eigenvalue weighted by atomic mass is 35.5. The van der Waals surface area contributed by atoms with E-state index in [1.165, 1.54) is 0 Å². The van der Waals surface area contributed by atoms with Gasteiger partial charge in [0.25, 0.3) is 0 Å². The molecule has 0 aliphatic carbocycles. The second kappa shape index (κ2) is 3.66. The van der Waals surface area contributed by atoms with Crippen molar-refractivity contribution >= 4 is 24.2 Å². The molecule has 3 rings (SSSR count). The van der Waals surface area contributed by atoms with E-state index in [0.717, 1.165) is 16.6 Å². The van der Waals surface area contributed by atoms with Crippen LogP contribution in [0.2, 0.25) is 5.02 Å². The maximum atomic E-state index is 9.60. The van der Waals surface area contributed by atoms with Crippen molar-refractivity contribution in [2.24, 2.45) is 0 Å². The van der Waals surface area contributed by atoms with E-state index in [0.29, 0.717) is 17.4 Å². The molecule has 1 N–H and O–H groups in total. The van der Waals surface area contributed by atoms with Crippen LogP contribution >= 0.6 is 11.6 Å². The van der Waals surface area contributed by atoms with Gasteiger partial charge in [-0.25, -0.2) is 0 Å². The van der Waals surface area contributed by atoms with Gasteiger partial charge in [-0.3, -0.25) is 0 Å². The third kappa shape index (κ3) is 1.46. The first-order chi connectivity index (χ1) is 7.75. The summed E-state index contributed by atoms with van der Waals surface area (Å²) < 4.78 is 10.4. The highest BCUT2D eigenvalue weighted by molar-refractivity contribution is 6.61. The quantitative estimate of drug-likeness (QED) is 0.765. The Kier molecular flexibility index (Phi) is 2.28. The second-order valence-corrected chi connectivity index (χ2v) is 4.08. The van der Waals surface area contributed by atoms with E-state index < -0.39 is 7.12 Å². The molecule has 1 aromatic carbocycles. The first-order valence-electron chi connectivity index (χ1n) is 4.91. The lowest BCUT2D eigenvalue weighted by Crippen LogP contribution is -2.28. The monoisotopic (exact) mass is 234 g/mol. The van der Waals surface area contributed by atoms with Crippen LogP contribution in [0.25, 0.3) is 11.3 Å². The highest BCUT2D eigenvalue weighted by Gasteiger charge is 2.28. The molecule has 2 aromatic rings. The van der Waals surface area contributed by atoms with E-state index in [4.69, 9.17) is 20.7 Å². The van der Waals surface area contributed by atoms with Crippen molar-refractivity contribution in [3.05, 3.63) is 41.1 Å². The van der Waals surface area contributed by atoms with Gasteiger partial charge in [0.2, 0.25) is 0 Å². The summed E-state index contributed by atoms with van der Waals surface area (Å²) in [6.45, 7) is 0.397. The van der Waals surface area contributed by atoms with Crippen LogP contribution in [0.5, 0.6) is 0 Å². The van der Waals surface area contributed by atoms with Crippen LogP contribution in [-0.2, 0) is 11.3 Å². The van der Waals surface area contributed by atoms with Gasteiger partial charge in [-0.15, -0.1) is 0 Å². The molecule has 0 bridgehead atoms. The molecule has 0 unspecified atom stereocenters. The number of hydrogen-bond acceptors (Lipinski definition) is 3. The second-order valence-electron chi connectivity index (χ2n) is 3.67. The Morgan fingerprint density at radius 3 is 3.00 bits per heavy atom. The maximum Gasteiger partial charge on any atom is 0.491 e. The molecule has 0 saturated carbocycles. The van der Waals surface area contributed by atoms with Crippen LogP contribution < -0.4 is 5.46 Å². The lowest BCUT2D eigenvalue weighted by molar-refractivity contribution is 0.275. The largest absolute Gasteiger partial charge is 0.491 e. The average Bonchev–Trinajstić information content (AvgIpc) is 2.88. The molecule has 16 heavy (non-hydrogen) atoms. The van der Waals surface area contributed by atoms with Gasteiger partial charge >= 0.3 is 7.12 Å². The molecule has 0 saturated heterocycles. The molecule has 2 heterocycles. The van der Waals surface area contributed by atoms with E-state index in [9.17, 15) is 5.02 Å². The van der Waals surface area contributed by atoms with E-state index in [-0.39, 0.29) is 0 Å². The first kappa shape index (κ1) is 9.96. The summed E-state index contributed by atoms with van der Waals surface area (Å²) in [6, 6.07) is 7.25. The molecule has 80 valence electrons. The van der Waals surface area contributed by atoms with Gasteiger partial charge in [-0.2, -0.15) is 0 Å². The summed E-state index contributed by atoms with van der Waals surface area (Å²) in [7, 11) is -0.860. The summed E-state index contributed by atoms with van der Waals surface area (Å²) >= 11 is 6.15. The molecule has 1 aromatic heterocycles. The number of furan rings is 1. The molecule has 5 heteroatoms. The van der Waals surface area contributed by atoms with Crippen LogP contribution in [0.1, 0.15) is 5.56 Å². The van der Waals surface area contributed by atoms with Crippen molar-refractivity contribution in [3.63, 3.8) is 0 Å². The predicted molar refractivity (Wildman–Crippen MR) is 61.5 cm³/mol. The number of benzene rings is 1. The average molecular weight is 234 g/mol. The Bertz CT molecular complexity index is 524. The normalized spacial score (nSPS) is 14.2. The van der Waals surface area contributed by atoms with Crippen LogP contribution in [0, 0.1) is 0 Å². The third-order valence-electron chi connectivity index (χ3n) is 2.68. The minimum Gasteiger partial charge on any atom is -0.464 e. The predicted octanol–water partition coefficient (Wildman–Crippen LogP) is 1.82. The standard InChI is InChI=1S/C11H8BClO3/c13-10-4-7-6-16-12(14)9(7)5-8(10)11-2-1-3-15-11/h1-5,14H,6H2. The van der Waals surface area contributed by atoms with E-state index >= 15 is 0 Å². The molecule has 0 spiro atoms. The van der Waals surface area contributed by atoms with Gasteiger partial charge in [0.15, 0.2) is 0 Å². The Morgan fingerprint density at radius 1 is 1.38 bits per heavy atom. The van der Waals surface area contributed by atoms with Crippen molar-refractivity contribution in [2.75, 3.05) is 0 Å². The minimum absolute atomic E-state index is 0.397. The van der Waals surface area contributed by atoms with Crippen LogP contribution in [0.4, 0.5) is 0 Å². The van der Waals surface area contributed by atoms with Crippen molar-refractivity contribution in [3.8, 4) is 11.3 Å². The fourth-order valence-corrected chi connectivity index (χ4v) is 2.14. The first-order valence-corrected chi connectivity index (χ1v) is 5.29. The van der Waals surface area contributed by atoms with E-state index in [1.807, 2.05) is 18.2 Å². The van der Waals surface area contributed by atoms with Gasteiger partial charge in [0.1, 0.15) is 5.76 Å². The third-order valence-corrected chi connectivity index (χ3v) is 2.99. The summed E-state index contributed by atoms with van der Waals surface area (Å²) in [6.07, 6.45) is 1.59. The van der Waals surface area contributed by atoms with Crippen molar-refractivity contribution in [1.29, 1.82) is 0 Å². The smallest absolute Gasteiger partial charge is 0.464 e. The molecule has 0 fully saturated rings. The Labute approximate surface area is 97.7 Å². The van der Waals surface area contributed by atoms with Gasteiger partial charge < -0.3 is 14.1 Å². The number of rotatable bonds is 1. The molecular formula is C11H8BClO3. The molecule has 0 amide bonds. The number of halogens is 1. The van der Waals surface area contributed by atoms with Crippen molar-refractivity contribution < 1.29 is 14.1 Å². The number of hydrogen-bond donors (Lipinski definition) is 1. The highest BCUT2D eigenvalue weighted by Crippen LogP contribution is 2.29. The molecule has 1 aliphatic rings. The Hall–Kier alpha value is -1.23. The topological polar surface area (TPSA) is 42.6 Å². The van der Waals surface area contributed by atoms with Gasteiger partial charge in [0, 0.05) is 5.56 Å². The molecule has 3 nitrogen and oxygen atoms in total. The van der Waals surface area contributed by atoms with E-state index in [2.05, 4.69) is 0 Å². The zero-order valence-electron chi connectivity index (χ0n) is 8.31. The molecule has 1 aliphatic heterocycles. The van der Waals surface area contributed by atoms with E-state index in [1.54, 1.807) is 12.3 Å². The SMILES string of the molecule is OB1OCc2cc(Cl)c(-c3ccco3)cc21.